The van der Waals surface area contributed by atoms with Crippen molar-refractivity contribution >= 4 is 43.4 Å². The molecule has 4 heterocycles. The maximum atomic E-state index is 6.67. The van der Waals surface area contributed by atoms with Crippen LogP contribution in [0.4, 0.5) is 0 Å². The fourth-order valence-corrected chi connectivity index (χ4v) is 8.15. The van der Waals surface area contributed by atoms with E-state index < -0.39 is 0 Å². The van der Waals surface area contributed by atoms with Crippen LogP contribution in [0.1, 0.15) is 64.6 Å². The Kier molecular flexibility index (Phi) is 10.9. The molecule has 3 nitrogen and oxygen atoms in total. The smallest absolute Gasteiger partial charge is 0.129 e. The Bertz CT molecular complexity index is 2580. The quantitative estimate of drug-likeness (QED) is 0.165. The van der Waals surface area contributed by atoms with Crippen LogP contribution in [0.3, 0.4) is 0 Å². The molecular formula is C48H46IrN2OS-2. The summed E-state index contributed by atoms with van der Waals surface area (Å²) >= 11 is 1.83. The zero-order valence-electron chi connectivity index (χ0n) is 32.3. The molecule has 0 fully saturated rings. The van der Waals surface area contributed by atoms with Gasteiger partial charge in [0, 0.05) is 58.4 Å². The number of hydrogen-bond acceptors (Lipinski definition) is 4. The van der Waals surface area contributed by atoms with Crippen LogP contribution in [0, 0.1) is 66.0 Å². The van der Waals surface area contributed by atoms with Gasteiger partial charge in [0.2, 0.25) is 0 Å². The second kappa shape index (κ2) is 15.1. The SMILES string of the molecule is Cc1c[c-]c(-c2cc(C)c(C)cn2)cc1.Cc1cccc(C)c1-c1cnc(-c2[c-]ccc3c2oc2c3ccc3sc(C)c(C)c32)cc1CC(C)(C)C.[Ir]. The van der Waals surface area contributed by atoms with Gasteiger partial charge in [-0.1, -0.05) is 80.6 Å². The third kappa shape index (κ3) is 7.67. The number of furan rings is 1. The summed E-state index contributed by atoms with van der Waals surface area (Å²) in [6, 6.07) is 32.3. The predicted octanol–water partition coefficient (Wildman–Crippen LogP) is 13.6. The van der Waals surface area contributed by atoms with E-state index in [-0.39, 0.29) is 25.5 Å². The minimum Gasteiger partial charge on any atom is -0.500 e. The van der Waals surface area contributed by atoms with E-state index in [1.807, 2.05) is 29.7 Å². The summed E-state index contributed by atoms with van der Waals surface area (Å²) in [5, 5.41) is 3.50. The molecule has 0 bridgehead atoms. The van der Waals surface area contributed by atoms with Crippen LogP contribution in [0.15, 0.2) is 89.6 Å². The van der Waals surface area contributed by atoms with Gasteiger partial charge in [-0.15, -0.1) is 64.9 Å². The molecule has 0 saturated carbocycles. The second-order valence-electron chi connectivity index (χ2n) is 15.5. The Labute approximate surface area is 331 Å². The van der Waals surface area contributed by atoms with Crippen molar-refractivity contribution < 1.29 is 24.5 Å². The number of fused-ring (bicyclic) bond motifs is 5. The fraction of sp³-hybridized carbons (Fsp3) is 0.250. The van der Waals surface area contributed by atoms with Crippen LogP contribution >= 0.6 is 11.3 Å². The Morgan fingerprint density at radius 3 is 2.11 bits per heavy atom. The van der Waals surface area contributed by atoms with Gasteiger partial charge in [0.1, 0.15) is 5.58 Å². The molecule has 0 unspecified atom stereocenters. The minimum atomic E-state index is 0. The number of aromatic nitrogens is 2. The number of rotatable bonds is 4. The number of nitrogens with zero attached hydrogens (tertiary/aromatic N) is 2. The van der Waals surface area contributed by atoms with E-state index in [1.165, 1.54) is 65.0 Å². The van der Waals surface area contributed by atoms with E-state index >= 15 is 0 Å². The van der Waals surface area contributed by atoms with Crippen molar-refractivity contribution in [3.63, 3.8) is 0 Å². The first-order valence-corrected chi connectivity index (χ1v) is 18.8. The molecule has 271 valence electrons. The number of aryl methyl sites for hydroxylation is 7. The van der Waals surface area contributed by atoms with Crippen LogP contribution in [0.2, 0.25) is 0 Å². The van der Waals surface area contributed by atoms with E-state index in [2.05, 4.69) is 153 Å². The Morgan fingerprint density at radius 2 is 1.43 bits per heavy atom. The summed E-state index contributed by atoms with van der Waals surface area (Å²) in [6.45, 7) is 21.9. The van der Waals surface area contributed by atoms with Gasteiger partial charge in [-0.3, -0.25) is 0 Å². The average molecular weight is 891 g/mol. The maximum absolute atomic E-state index is 6.67. The topological polar surface area (TPSA) is 38.9 Å². The van der Waals surface area contributed by atoms with Gasteiger partial charge >= 0.3 is 0 Å². The molecule has 0 N–H and O–H groups in total. The minimum absolute atomic E-state index is 0. The third-order valence-electron chi connectivity index (χ3n) is 10.1. The number of thiophene rings is 1. The Morgan fingerprint density at radius 1 is 0.717 bits per heavy atom. The van der Waals surface area contributed by atoms with Gasteiger partial charge in [-0.2, -0.15) is 0 Å². The molecule has 4 aromatic carbocycles. The predicted molar refractivity (Wildman–Crippen MR) is 221 cm³/mol. The summed E-state index contributed by atoms with van der Waals surface area (Å²) in [5.74, 6) is 0. The summed E-state index contributed by atoms with van der Waals surface area (Å²) < 4.78 is 7.95. The molecule has 0 atom stereocenters. The van der Waals surface area contributed by atoms with Gasteiger partial charge in [0.15, 0.2) is 0 Å². The maximum Gasteiger partial charge on any atom is 0.129 e. The summed E-state index contributed by atoms with van der Waals surface area (Å²) in [6.07, 6.45) is 4.93. The van der Waals surface area contributed by atoms with Gasteiger partial charge in [0.05, 0.1) is 5.58 Å². The van der Waals surface area contributed by atoms with Crippen LogP contribution in [0.25, 0.3) is 65.7 Å². The van der Waals surface area contributed by atoms with Crippen molar-refractivity contribution in [2.24, 2.45) is 5.41 Å². The molecule has 8 rings (SSSR count). The van der Waals surface area contributed by atoms with Gasteiger partial charge in [-0.25, -0.2) is 0 Å². The summed E-state index contributed by atoms with van der Waals surface area (Å²) in [4.78, 5) is 10.8. The molecule has 0 aliphatic rings. The van der Waals surface area contributed by atoms with Crippen LogP contribution in [-0.4, -0.2) is 9.97 Å². The zero-order chi connectivity index (χ0) is 36.9. The fourth-order valence-electron chi connectivity index (χ4n) is 7.08. The number of benzene rings is 4. The molecule has 0 saturated heterocycles. The molecule has 0 aliphatic heterocycles. The second-order valence-corrected chi connectivity index (χ2v) is 16.7. The summed E-state index contributed by atoms with van der Waals surface area (Å²) in [7, 11) is 0. The Balaban J connectivity index is 0.000000252. The first-order chi connectivity index (χ1) is 24.8. The van der Waals surface area contributed by atoms with Crippen LogP contribution in [0.5, 0.6) is 0 Å². The molecule has 1 radical (unpaired) electrons. The van der Waals surface area contributed by atoms with Crippen molar-refractivity contribution in [1.82, 2.24) is 9.97 Å². The van der Waals surface area contributed by atoms with E-state index in [4.69, 9.17) is 9.40 Å². The van der Waals surface area contributed by atoms with Gasteiger partial charge < -0.3 is 14.4 Å². The van der Waals surface area contributed by atoms with E-state index in [9.17, 15) is 0 Å². The molecule has 0 aliphatic carbocycles. The van der Waals surface area contributed by atoms with Crippen molar-refractivity contribution in [1.29, 1.82) is 0 Å². The van der Waals surface area contributed by atoms with Crippen LogP contribution < -0.4 is 0 Å². The normalized spacial score (nSPS) is 11.5. The van der Waals surface area contributed by atoms with E-state index in [0.717, 1.165) is 50.9 Å². The Hall–Kier alpha value is -4.41. The van der Waals surface area contributed by atoms with Crippen molar-refractivity contribution in [3.8, 4) is 33.6 Å². The van der Waals surface area contributed by atoms with E-state index in [0.29, 0.717) is 0 Å². The largest absolute Gasteiger partial charge is 0.500 e. The third-order valence-corrected chi connectivity index (χ3v) is 11.2. The summed E-state index contributed by atoms with van der Waals surface area (Å²) in [5.41, 5.74) is 17.3. The molecule has 8 aromatic rings. The molecule has 5 heteroatoms. The van der Waals surface area contributed by atoms with Crippen molar-refractivity contribution in [3.05, 3.63) is 141 Å². The zero-order valence-corrected chi connectivity index (χ0v) is 35.5. The van der Waals surface area contributed by atoms with Crippen molar-refractivity contribution in [2.45, 2.75) is 75.7 Å². The van der Waals surface area contributed by atoms with E-state index in [1.54, 1.807) is 0 Å². The number of hydrogen-bond donors (Lipinski definition) is 0. The molecule has 4 aromatic heterocycles. The first-order valence-electron chi connectivity index (χ1n) is 18.0. The molecule has 0 amide bonds. The first kappa shape index (κ1) is 38.3. The molecule has 53 heavy (non-hydrogen) atoms. The standard InChI is InChI=1S/C34H32NOS.C14H14N.Ir/c1-19-10-8-11-20(2)30(19)27-18-35-28(16-23(27)17-34(5,6)7)26-13-9-12-24-25-14-15-29-31(21(3)22(4)37-29)33(25)36-32(24)26;1-10-4-6-13(7-5-10)14-8-11(2)12(3)9-15-14;/h8-12,14-16,18H,17H2,1-7H3;4-6,8-9H,1-3H3;/q2*-1;. The van der Waals surface area contributed by atoms with Crippen molar-refractivity contribution in [2.75, 3.05) is 0 Å². The van der Waals surface area contributed by atoms with Gasteiger partial charge in [0.25, 0.3) is 0 Å². The molecular weight excluding hydrogens is 845 g/mol. The van der Waals surface area contributed by atoms with Gasteiger partial charge in [-0.05, 0) is 104 Å². The molecule has 0 spiro atoms. The monoisotopic (exact) mass is 891 g/mol. The number of pyridine rings is 2. The van der Waals surface area contributed by atoms with Crippen LogP contribution in [-0.2, 0) is 26.5 Å². The average Bonchev–Trinajstić information content (AvgIpc) is 3.62.